The van der Waals surface area contributed by atoms with Crippen LogP contribution in [-0.4, -0.2) is 25.7 Å². The summed E-state index contributed by atoms with van der Waals surface area (Å²) in [5.74, 6) is -0.292. The zero-order valence-corrected chi connectivity index (χ0v) is 14.0. The largest absolute Gasteiger partial charge is 0.382 e. The second-order valence-corrected chi connectivity index (χ2v) is 5.92. The van der Waals surface area contributed by atoms with Crippen molar-refractivity contribution in [2.45, 2.75) is 6.92 Å². The summed E-state index contributed by atoms with van der Waals surface area (Å²) < 4.78 is 1.43. The maximum absolute atomic E-state index is 12.5. The van der Waals surface area contributed by atoms with E-state index < -0.39 is 5.91 Å². The van der Waals surface area contributed by atoms with Gasteiger partial charge in [-0.15, -0.1) is 10.2 Å². The number of carbonyl (C=O) groups excluding carboxylic acids is 1. The van der Waals surface area contributed by atoms with Crippen molar-refractivity contribution in [2.75, 3.05) is 11.1 Å². The summed E-state index contributed by atoms with van der Waals surface area (Å²) in [6.07, 6.45) is 0. The van der Waals surface area contributed by atoms with E-state index in [9.17, 15) is 4.79 Å². The SMILES string of the molecule is Cc1ccc(NC(=O)c2nnc3cc(-c4ccccc4)nn3c2N)cc1. The van der Waals surface area contributed by atoms with Crippen LogP contribution in [0.5, 0.6) is 0 Å². The summed E-state index contributed by atoms with van der Waals surface area (Å²) in [5.41, 5.74) is 10.0. The van der Waals surface area contributed by atoms with Crippen molar-refractivity contribution < 1.29 is 4.79 Å². The highest BCUT2D eigenvalue weighted by Gasteiger charge is 2.18. The molecule has 2 aromatic carbocycles. The van der Waals surface area contributed by atoms with Gasteiger partial charge in [-0.3, -0.25) is 4.79 Å². The molecule has 0 saturated carbocycles. The van der Waals surface area contributed by atoms with Crippen molar-refractivity contribution in [3.05, 3.63) is 71.9 Å². The third-order valence-corrected chi connectivity index (χ3v) is 4.01. The third-order valence-electron chi connectivity index (χ3n) is 4.01. The zero-order chi connectivity index (χ0) is 18.1. The van der Waals surface area contributed by atoms with E-state index in [2.05, 4.69) is 20.6 Å². The molecule has 3 N–H and O–H groups in total. The van der Waals surface area contributed by atoms with Crippen LogP contribution in [0.1, 0.15) is 16.1 Å². The van der Waals surface area contributed by atoms with Crippen LogP contribution in [0.3, 0.4) is 0 Å². The van der Waals surface area contributed by atoms with E-state index in [1.807, 2.05) is 61.5 Å². The molecule has 0 unspecified atom stereocenters. The predicted molar refractivity (Wildman–Crippen MR) is 99.8 cm³/mol. The summed E-state index contributed by atoms with van der Waals surface area (Å²) in [5, 5.41) is 15.3. The Balaban J connectivity index is 1.69. The molecule has 7 nitrogen and oxygen atoms in total. The van der Waals surface area contributed by atoms with E-state index in [-0.39, 0.29) is 11.5 Å². The highest BCUT2D eigenvalue weighted by molar-refractivity contribution is 6.05. The number of hydrogen-bond donors (Lipinski definition) is 2. The highest BCUT2D eigenvalue weighted by Crippen LogP contribution is 2.21. The topological polar surface area (TPSA) is 98.2 Å². The van der Waals surface area contributed by atoms with E-state index >= 15 is 0 Å². The first kappa shape index (κ1) is 15.8. The van der Waals surface area contributed by atoms with Crippen molar-refractivity contribution in [1.29, 1.82) is 0 Å². The molecule has 26 heavy (non-hydrogen) atoms. The van der Waals surface area contributed by atoms with Crippen LogP contribution in [0.15, 0.2) is 60.7 Å². The lowest BCUT2D eigenvalue weighted by atomic mass is 10.2. The molecule has 0 atom stereocenters. The molecule has 4 aromatic rings. The van der Waals surface area contributed by atoms with Gasteiger partial charge in [0.05, 0.1) is 5.69 Å². The summed E-state index contributed by atoms with van der Waals surface area (Å²) in [7, 11) is 0. The van der Waals surface area contributed by atoms with Crippen LogP contribution in [0.25, 0.3) is 16.9 Å². The van der Waals surface area contributed by atoms with Gasteiger partial charge < -0.3 is 11.1 Å². The van der Waals surface area contributed by atoms with E-state index in [4.69, 9.17) is 5.73 Å². The molecule has 4 rings (SSSR count). The first-order valence-corrected chi connectivity index (χ1v) is 8.07. The van der Waals surface area contributed by atoms with Gasteiger partial charge in [-0.25, -0.2) is 0 Å². The summed E-state index contributed by atoms with van der Waals surface area (Å²) >= 11 is 0. The van der Waals surface area contributed by atoms with Crippen LogP contribution in [0.2, 0.25) is 0 Å². The summed E-state index contributed by atoms with van der Waals surface area (Å²) in [4.78, 5) is 12.5. The molecule has 0 spiro atoms. The number of rotatable bonds is 3. The molecule has 0 aliphatic carbocycles. The van der Waals surface area contributed by atoms with Crippen LogP contribution in [-0.2, 0) is 0 Å². The first-order chi connectivity index (χ1) is 12.6. The van der Waals surface area contributed by atoms with E-state index in [1.54, 1.807) is 6.07 Å². The van der Waals surface area contributed by atoms with E-state index in [0.29, 0.717) is 17.0 Å². The molecule has 0 aliphatic heterocycles. The van der Waals surface area contributed by atoms with Crippen molar-refractivity contribution in [3.8, 4) is 11.3 Å². The average molecular weight is 344 g/mol. The fraction of sp³-hybridized carbons (Fsp3) is 0.0526. The van der Waals surface area contributed by atoms with Gasteiger partial charge >= 0.3 is 0 Å². The number of nitrogens with two attached hydrogens (primary N) is 1. The number of anilines is 2. The van der Waals surface area contributed by atoms with E-state index in [1.165, 1.54) is 4.52 Å². The zero-order valence-electron chi connectivity index (χ0n) is 14.0. The molecule has 2 heterocycles. The van der Waals surface area contributed by atoms with Crippen LogP contribution < -0.4 is 11.1 Å². The number of amides is 1. The van der Waals surface area contributed by atoms with Gasteiger partial charge in [-0.05, 0) is 19.1 Å². The average Bonchev–Trinajstić information content (AvgIpc) is 3.10. The Bertz CT molecular complexity index is 1090. The minimum Gasteiger partial charge on any atom is -0.382 e. The molecular formula is C19H16N6O. The quantitative estimate of drug-likeness (QED) is 0.595. The number of nitrogens with one attached hydrogen (secondary N) is 1. The highest BCUT2D eigenvalue weighted by atomic mass is 16.2. The lowest BCUT2D eigenvalue weighted by Crippen LogP contribution is -2.19. The van der Waals surface area contributed by atoms with Crippen molar-refractivity contribution in [2.24, 2.45) is 0 Å². The Morgan fingerprint density at radius 1 is 1.04 bits per heavy atom. The lowest BCUT2D eigenvalue weighted by Gasteiger charge is -2.07. The van der Waals surface area contributed by atoms with Gasteiger partial charge in [0.1, 0.15) is 0 Å². The Labute approximate surface area is 149 Å². The smallest absolute Gasteiger partial charge is 0.280 e. The van der Waals surface area contributed by atoms with E-state index in [0.717, 1.165) is 11.1 Å². The van der Waals surface area contributed by atoms with Gasteiger partial charge in [-0.2, -0.15) is 9.61 Å². The Kier molecular flexibility index (Phi) is 3.81. The molecule has 7 heteroatoms. The van der Waals surface area contributed by atoms with Crippen LogP contribution >= 0.6 is 0 Å². The lowest BCUT2D eigenvalue weighted by molar-refractivity contribution is 0.102. The fourth-order valence-corrected chi connectivity index (χ4v) is 2.61. The summed E-state index contributed by atoms with van der Waals surface area (Å²) in [6.45, 7) is 1.98. The molecule has 0 fully saturated rings. The minimum absolute atomic E-state index is 0.0285. The predicted octanol–water partition coefficient (Wildman–Crippen LogP) is 2.93. The minimum atomic E-state index is -0.433. The second kappa shape index (κ2) is 6.29. The number of benzene rings is 2. The number of carbonyl (C=O) groups is 1. The third kappa shape index (κ3) is 2.86. The van der Waals surface area contributed by atoms with Crippen molar-refractivity contribution in [3.63, 3.8) is 0 Å². The molecule has 0 aliphatic rings. The van der Waals surface area contributed by atoms with Gasteiger partial charge in [0, 0.05) is 17.3 Å². The number of fused-ring (bicyclic) bond motifs is 1. The van der Waals surface area contributed by atoms with Gasteiger partial charge in [0.25, 0.3) is 5.91 Å². The maximum Gasteiger partial charge on any atom is 0.280 e. The molecule has 1 amide bonds. The molecular weight excluding hydrogens is 328 g/mol. The molecule has 0 saturated heterocycles. The monoisotopic (exact) mass is 344 g/mol. The first-order valence-electron chi connectivity index (χ1n) is 8.07. The molecule has 0 radical (unpaired) electrons. The Hall–Kier alpha value is -3.74. The van der Waals surface area contributed by atoms with Gasteiger partial charge in [0.15, 0.2) is 17.2 Å². The number of nitrogen functional groups attached to an aromatic ring is 1. The van der Waals surface area contributed by atoms with Crippen molar-refractivity contribution in [1.82, 2.24) is 19.8 Å². The number of aryl methyl sites for hydroxylation is 1. The summed E-state index contributed by atoms with van der Waals surface area (Å²) in [6, 6.07) is 18.9. The number of nitrogens with zero attached hydrogens (tertiary/aromatic N) is 4. The molecule has 128 valence electrons. The Morgan fingerprint density at radius 2 is 1.77 bits per heavy atom. The molecule has 2 aromatic heterocycles. The fourth-order valence-electron chi connectivity index (χ4n) is 2.61. The second-order valence-electron chi connectivity index (χ2n) is 5.92. The molecule has 0 bridgehead atoms. The van der Waals surface area contributed by atoms with Gasteiger partial charge in [0.2, 0.25) is 0 Å². The number of hydrogen-bond acceptors (Lipinski definition) is 5. The van der Waals surface area contributed by atoms with Crippen LogP contribution in [0.4, 0.5) is 11.5 Å². The number of aromatic nitrogens is 4. The standard InChI is InChI=1S/C19H16N6O/c1-12-7-9-14(10-8-12)21-19(26)17-18(20)25-16(22-23-17)11-15(24-25)13-5-3-2-4-6-13/h2-11H,20H2,1H3,(H,21,26). The normalized spacial score (nSPS) is 10.8. The Morgan fingerprint density at radius 3 is 2.50 bits per heavy atom. The van der Waals surface area contributed by atoms with Crippen molar-refractivity contribution >= 4 is 23.1 Å². The maximum atomic E-state index is 12.5. The van der Waals surface area contributed by atoms with Crippen LogP contribution in [0, 0.1) is 6.92 Å². The van der Waals surface area contributed by atoms with Gasteiger partial charge in [-0.1, -0.05) is 48.0 Å².